The van der Waals surface area contributed by atoms with E-state index >= 15 is 0 Å². The Kier molecular flexibility index (Phi) is 3.93. The third kappa shape index (κ3) is 2.24. The minimum atomic E-state index is 0.656. The summed E-state index contributed by atoms with van der Waals surface area (Å²) in [5.74, 6) is 0. The number of rotatable bonds is 0. The molecule has 0 aromatic carbocycles. The average Bonchev–Trinajstić information content (AvgIpc) is 2.65. The van der Waals surface area contributed by atoms with Gasteiger partial charge in [-0.2, -0.15) is 0 Å². The van der Waals surface area contributed by atoms with E-state index in [9.17, 15) is 0 Å². The van der Waals surface area contributed by atoms with Gasteiger partial charge in [0.05, 0.1) is 0 Å². The molecule has 1 aliphatic heterocycles. The minimum absolute atomic E-state index is 0.656. The summed E-state index contributed by atoms with van der Waals surface area (Å²) < 4.78 is 6.80. The molecule has 0 aliphatic carbocycles. The Morgan fingerprint density at radius 3 is 0.944 bits per heavy atom. The molecule has 3 rings (SSSR count). The van der Waals surface area contributed by atoms with Crippen LogP contribution < -0.4 is 17.8 Å². The summed E-state index contributed by atoms with van der Waals surface area (Å²) in [6.07, 6.45) is 0. The fraction of sp³-hybridized carbons (Fsp3) is 0.333. The summed E-state index contributed by atoms with van der Waals surface area (Å²) in [4.78, 5) is 7.13. The van der Waals surface area contributed by atoms with Crippen molar-refractivity contribution in [2.24, 2.45) is 0 Å². The molecule has 0 bridgehead atoms. The second-order valence-electron chi connectivity index (χ2n) is 4.40. The van der Waals surface area contributed by atoms with Gasteiger partial charge in [-0.3, -0.25) is 0 Å². The molecular weight excluding hydrogens is 488 g/mol. The standard InChI is InChI=1S/C12H14N2Se4/c1-5-9-10(6(2)13-5)16-18-12-8(4)14-7(3)11(12)17-15-9/h13-14H,1-4H3. The second-order valence-corrected chi connectivity index (χ2v) is 16.5. The van der Waals surface area contributed by atoms with Crippen molar-refractivity contribution in [1.82, 2.24) is 9.97 Å². The van der Waals surface area contributed by atoms with Crippen LogP contribution in [0.15, 0.2) is 0 Å². The number of nitrogens with one attached hydrogen (secondary N) is 2. The van der Waals surface area contributed by atoms with Crippen molar-refractivity contribution in [3.63, 3.8) is 0 Å². The molecule has 96 valence electrons. The second kappa shape index (κ2) is 5.20. The molecule has 0 unspecified atom stereocenters. The monoisotopic (exact) mass is 506 g/mol. The zero-order chi connectivity index (χ0) is 12.9. The van der Waals surface area contributed by atoms with Crippen LogP contribution in [0.3, 0.4) is 0 Å². The first-order valence-electron chi connectivity index (χ1n) is 5.65. The number of aryl methyl sites for hydroxylation is 4. The molecule has 2 aromatic rings. The van der Waals surface area contributed by atoms with Crippen LogP contribution in [0.2, 0.25) is 0 Å². The van der Waals surface area contributed by atoms with E-state index in [2.05, 4.69) is 37.7 Å². The van der Waals surface area contributed by atoms with Gasteiger partial charge >= 0.3 is 131 Å². The SMILES string of the molecule is Cc1[nH]c(C)c2c1[Se][Se]c1c(C)[nH]c(C)c1[Se][Se]2. The molecule has 2 aromatic heterocycles. The van der Waals surface area contributed by atoms with Crippen molar-refractivity contribution < 1.29 is 0 Å². The third-order valence-electron chi connectivity index (χ3n) is 2.94. The predicted molar refractivity (Wildman–Crippen MR) is 82.1 cm³/mol. The Balaban J connectivity index is 2.04. The number of aromatic amines is 2. The van der Waals surface area contributed by atoms with Crippen molar-refractivity contribution in [1.29, 1.82) is 0 Å². The fourth-order valence-corrected chi connectivity index (χ4v) is 26.2. The maximum absolute atomic E-state index is 3.57. The molecular formula is C12H14N2Se4. The summed E-state index contributed by atoms with van der Waals surface area (Å²) in [6, 6.07) is 0. The molecule has 0 saturated carbocycles. The normalized spacial score (nSPS) is 14.9. The zero-order valence-electron chi connectivity index (χ0n) is 10.6. The van der Waals surface area contributed by atoms with Crippen LogP contribution in [-0.2, 0) is 0 Å². The van der Waals surface area contributed by atoms with Gasteiger partial charge in [0.25, 0.3) is 0 Å². The molecule has 0 spiro atoms. The maximum atomic E-state index is 3.57. The number of H-pyrrole nitrogens is 2. The molecule has 0 fully saturated rings. The number of hydrogen-bond donors (Lipinski definition) is 2. The fourth-order valence-electron chi connectivity index (χ4n) is 2.04. The van der Waals surface area contributed by atoms with Gasteiger partial charge in [-0.15, -0.1) is 0 Å². The van der Waals surface area contributed by atoms with Crippen LogP contribution in [0.4, 0.5) is 0 Å². The number of hydrogen-bond acceptors (Lipinski definition) is 0. The van der Waals surface area contributed by atoms with E-state index in [1.165, 1.54) is 22.8 Å². The van der Waals surface area contributed by atoms with Crippen molar-refractivity contribution in [2.75, 3.05) is 0 Å². The molecule has 1 aliphatic rings. The first-order chi connectivity index (χ1) is 8.58. The molecule has 0 saturated heterocycles. The van der Waals surface area contributed by atoms with Crippen molar-refractivity contribution in [3.8, 4) is 0 Å². The van der Waals surface area contributed by atoms with E-state index in [1.54, 1.807) is 17.8 Å². The molecule has 0 atom stereocenters. The Hall–Kier alpha value is 0.638. The number of fused-ring (bicyclic) bond motifs is 2. The molecule has 18 heavy (non-hydrogen) atoms. The van der Waals surface area contributed by atoms with E-state index in [1.807, 2.05) is 0 Å². The van der Waals surface area contributed by atoms with Gasteiger partial charge < -0.3 is 0 Å². The van der Waals surface area contributed by atoms with Gasteiger partial charge in [0.15, 0.2) is 0 Å². The van der Waals surface area contributed by atoms with Crippen LogP contribution >= 0.6 is 0 Å². The van der Waals surface area contributed by atoms with Gasteiger partial charge in [0, 0.05) is 0 Å². The van der Waals surface area contributed by atoms with Gasteiger partial charge in [-0.25, -0.2) is 0 Å². The first kappa shape index (κ1) is 13.6. The quantitative estimate of drug-likeness (QED) is 0.409. The summed E-state index contributed by atoms with van der Waals surface area (Å²) in [5.41, 5.74) is 5.76. The molecule has 0 amide bonds. The molecule has 2 nitrogen and oxygen atoms in total. The third-order valence-corrected chi connectivity index (χ3v) is 19.4. The Bertz CT molecular complexity index is 509. The van der Waals surface area contributed by atoms with Crippen LogP contribution in [0.25, 0.3) is 0 Å². The van der Waals surface area contributed by atoms with Gasteiger partial charge in [0.1, 0.15) is 0 Å². The molecule has 3 heterocycles. The van der Waals surface area contributed by atoms with Crippen LogP contribution in [0, 0.1) is 27.7 Å². The average molecular weight is 502 g/mol. The van der Waals surface area contributed by atoms with Crippen LogP contribution in [-0.4, -0.2) is 62.5 Å². The first-order valence-corrected chi connectivity index (χ1v) is 17.7. The van der Waals surface area contributed by atoms with Crippen LogP contribution in [0.1, 0.15) is 22.8 Å². The van der Waals surface area contributed by atoms with Crippen molar-refractivity contribution >= 4 is 70.4 Å². The Morgan fingerprint density at radius 1 is 0.500 bits per heavy atom. The van der Waals surface area contributed by atoms with E-state index in [4.69, 9.17) is 0 Å². The van der Waals surface area contributed by atoms with Crippen molar-refractivity contribution in [2.45, 2.75) is 27.7 Å². The summed E-state index contributed by atoms with van der Waals surface area (Å²) in [7, 11) is 0. The molecule has 6 heteroatoms. The summed E-state index contributed by atoms with van der Waals surface area (Å²) in [6.45, 7) is 9.02. The van der Waals surface area contributed by atoms with E-state index in [-0.39, 0.29) is 0 Å². The molecule has 0 radical (unpaired) electrons. The Morgan fingerprint density at radius 2 is 0.722 bits per heavy atom. The predicted octanol–water partition coefficient (Wildman–Crippen LogP) is -1.56. The van der Waals surface area contributed by atoms with Gasteiger partial charge in [-0.1, -0.05) is 0 Å². The van der Waals surface area contributed by atoms with Crippen LogP contribution in [0.5, 0.6) is 0 Å². The summed E-state index contributed by atoms with van der Waals surface area (Å²) >= 11 is 2.63. The zero-order valence-corrected chi connectivity index (χ0v) is 17.5. The summed E-state index contributed by atoms with van der Waals surface area (Å²) in [5, 5.41) is 0. The Labute approximate surface area is 130 Å². The topological polar surface area (TPSA) is 31.6 Å². The van der Waals surface area contributed by atoms with E-state index < -0.39 is 0 Å². The van der Waals surface area contributed by atoms with Gasteiger partial charge in [-0.05, 0) is 0 Å². The van der Waals surface area contributed by atoms with E-state index in [0.29, 0.717) is 52.5 Å². The number of aromatic nitrogens is 2. The van der Waals surface area contributed by atoms with Gasteiger partial charge in [0.2, 0.25) is 0 Å². The van der Waals surface area contributed by atoms with E-state index in [0.717, 1.165) is 0 Å². The molecule has 2 N–H and O–H groups in total. The van der Waals surface area contributed by atoms with Crippen molar-refractivity contribution in [3.05, 3.63) is 22.8 Å².